The van der Waals surface area contributed by atoms with E-state index in [0.29, 0.717) is 26.1 Å². The van der Waals surface area contributed by atoms with Crippen molar-refractivity contribution in [1.29, 1.82) is 0 Å². The molecule has 0 amide bonds. The number of carbonyl (C=O) groups is 1. The van der Waals surface area contributed by atoms with E-state index >= 15 is 0 Å². The topological polar surface area (TPSA) is 77.9 Å². The molecule has 2 rings (SSSR count). The van der Waals surface area contributed by atoms with E-state index in [1.807, 2.05) is 0 Å². The molecule has 0 aliphatic carbocycles. The van der Waals surface area contributed by atoms with Gasteiger partial charge in [0.1, 0.15) is 6.04 Å². The van der Waals surface area contributed by atoms with Gasteiger partial charge < -0.3 is 5.11 Å². The number of hydrogen-bond donors (Lipinski definition) is 1. The quantitative estimate of drug-likeness (QED) is 0.838. The van der Waals surface area contributed by atoms with Crippen LogP contribution in [0, 0.1) is 5.92 Å². The van der Waals surface area contributed by atoms with Gasteiger partial charge in [0.2, 0.25) is 0 Å². The molecule has 7 heteroatoms. The minimum atomic E-state index is -3.63. The summed E-state index contributed by atoms with van der Waals surface area (Å²) in [5.74, 6) is -1.16. The first kappa shape index (κ1) is 14.7. The number of nitrogens with zero attached hydrogens (tertiary/aromatic N) is 2. The van der Waals surface area contributed by atoms with Crippen molar-refractivity contribution in [2.45, 2.75) is 45.1 Å². The molecule has 19 heavy (non-hydrogen) atoms. The first-order valence-corrected chi connectivity index (χ1v) is 8.34. The van der Waals surface area contributed by atoms with E-state index in [0.717, 1.165) is 25.7 Å². The highest BCUT2D eigenvalue weighted by Crippen LogP contribution is 2.29. The Bertz CT molecular complexity index is 429. The lowest BCUT2D eigenvalue weighted by molar-refractivity contribution is -0.141. The van der Waals surface area contributed by atoms with Crippen molar-refractivity contribution in [3.63, 3.8) is 0 Å². The van der Waals surface area contributed by atoms with Crippen LogP contribution in [0.25, 0.3) is 0 Å². The smallest absolute Gasteiger partial charge is 0.322 e. The van der Waals surface area contributed by atoms with Crippen LogP contribution in [0.2, 0.25) is 0 Å². The third kappa shape index (κ3) is 2.93. The van der Waals surface area contributed by atoms with Crippen LogP contribution in [0.4, 0.5) is 0 Å². The van der Waals surface area contributed by atoms with E-state index in [1.54, 1.807) is 6.92 Å². The summed E-state index contributed by atoms with van der Waals surface area (Å²) >= 11 is 0. The molecule has 0 aromatic carbocycles. The van der Waals surface area contributed by atoms with Crippen LogP contribution < -0.4 is 0 Å². The molecule has 0 spiro atoms. The summed E-state index contributed by atoms with van der Waals surface area (Å²) < 4.78 is 27.8. The van der Waals surface area contributed by atoms with Gasteiger partial charge in [0.25, 0.3) is 10.2 Å². The first-order valence-electron chi connectivity index (χ1n) is 6.94. The lowest BCUT2D eigenvalue weighted by atomic mass is 10.0. The van der Waals surface area contributed by atoms with Crippen LogP contribution in [0.5, 0.6) is 0 Å². The molecule has 1 N–H and O–H groups in total. The number of aliphatic carboxylic acids is 1. The van der Waals surface area contributed by atoms with Gasteiger partial charge in [-0.05, 0) is 25.2 Å². The second kappa shape index (κ2) is 5.76. The van der Waals surface area contributed by atoms with Gasteiger partial charge >= 0.3 is 5.97 Å². The SMILES string of the molecule is CC1CCN(S(=O)(=O)N2CCCCCC2)C1C(=O)O. The summed E-state index contributed by atoms with van der Waals surface area (Å²) in [6.45, 7) is 3.15. The van der Waals surface area contributed by atoms with Crippen molar-refractivity contribution in [3.05, 3.63) is 0 Å². The van der Waals surface area contributed by atoms with E-state index in [9.17, 15) is 18.3 Å². The molecule has 2 heterocycles. The zero-order valence-corrected chi connectivity index (χ0v) is 12.1. The van der Waals surface area contributed by atoms with Crippen LogP contribution in [0.15, 0.2) is 0 Å². The second-order valence-corrected chi connectivity index (χ2v) is 7.36. The summed E-state index contributed by atoms with van der Waals surface area (Å²) in [5.41, 5.74) is 0. The third-order valence-electron chi connectivity index (χ3n) is 4.09. The molecule has 110 valence electrons. The number of hydrogen-bond acceptors (Lipinski definition) is 3. The monoisotopic (exact) mass is 290 g/mol. The van der Waals surface area contributed by atoms with Gasteiger partial charge in [0, 0.05) is 19.6 Å². The highest BCUT2D eigenvalue weighted by molar-refractivity contribution is 7.86. The van der Waals surface area contributed by atoms with Crippen LogP contribution >= 0.6 is 0 Å². The Morgan fingerprint density at radius 3 is 2.21 bits per heavy atom. The van der Waals surface area contributed by atoms with Crippen molar-refractivity contribution in [2.24, 2.45) is 5.92 Å². The highest BCUT2D eigenvalue weighted by atomic mass is 32.2. The molecular weight excluding hydrogens is 268 g/mol. The van der Waals surface area contributed by atoms with Gasteiger partial charge in [-0.3, -0.25) is 4.79 Å². The fraction of sp³-hybridized carbons (Fsp3) is 0.917. The Morgan fingerprint density at radius 2 is 1.68 bits per heavy atom. The normalized spacial score (nSPS) is 31.2. The van der Waals surface area contributed by atoms with Gasteiger partial charge in [-0.25, -0.2) is 0 Å². The van der Waals surface area contributed by atoms with E-state index in [4.69, 9.17) is 0 Å². The van der Waals surface area contributed by atoms with Crippen molar-refractivity contribution in [1.82, 2.24) is 8.61 Å². The highest BCUT2D eigenvalue weighted by Gasteiger charge is 2.45. The van der Waals surface area contributed by atoms with E-state index in [-0.39, 0.29) is 5.92 Å². The Kier molecular flexibility index (Phi) is 4.47. The maximum atomic E-state index is 12.6. The molecular formula is C12H22N2O4S. The zero-order valence-electron chi connectivity index (χ0n) is 11.3. The van der Waals surface area contributed by atoms with E-state index in [1.165, 1.54) is 8.61 Å². The molecule has 0 aromatic heterocycles. The minimum absolute atomic E-state index is 0.126. The van der Waals surface area contributed by atoms with E-state index in [2.05, 4.69) is 0 Å². The van der Waals surface area contributed by atoms with Gasteiger partial charge in [-0.15, -0.1) is 0 Å². The predicted octanol–water partition coefficient (Wildman–Crippen LogP) is 0.902. The van der Waals surface area contributed by atoms with Gasteiger partial charge in [-0.1, -0.05) is 19.8 Å². The van der Waals surface area contributed by atoms with Gasteiger partial charge in [-0.2, -0.15) is 17.0 Å². The van der Waals surface area contributed by atoms with Crippen LogP contribution in [0.3, 0.4) is 0 Å². The molecule has 2 unspecified atom stereocenters. The van der Waals surface area contributed by atoms with E-state index < -0.39 is 22.2 Å². The zero-order chi connectivity index (χ0) is 14.0. The van der Waals surface area contributed by atoms with Crippen LogP contribution in [-0.2, 0) is 15.0 Å². The standard InChI is InChI=1S/C12H22N2O4S/c1-10-6-9-14(11(10)12(15)16)19(17,18)13-7-4-2-3-5-8-13/h10-11H,2-9H2,1H3,(H,15,16). The Morgan fingerprint density at radius 1 is 1.11 bits per heavy atom. The first-order chi connectivity index (χ1) is 8.94. The Hall–Kier alpha value is -0.660. The summed E-state index contributed by atoms with van der Waals surface area (Å²) in [6, 6.07) is -0.909. The molecule has 6 nitrogen and oxygen atoms in total. The Labute approximate surface area is 114 Å². The number of carboxylic acid groups (broad SMARTS) is 1. The largest absolute Gasteiger partial charge is 0.480 e. The van der Waals surface area contributed by atoms with Crippen molar-refractivity contribution in [3.8, 4) is 0 Å². The third-order valence-corrected chi connectivity index (χ3v) is 6.11. The van der Waals surface area contributed by atoms with Crippen molar-refractivity contribution in [2.75, 3.05) is 19.6 Å². The molecule has 0 bridgehead atoms. The predicted molar refractivity (Wildman–Crippen MR) is 70.9 cm³/mol. The minimum Gasteiger partial charge on any atom is -0.480 e. The molecule has 2 saturated heterocycles. The second-order valence-electron chi connectivity index (χ2n) is 5.48. The lowest BCUT2D eigenvalue weighted by Crippen LogP contribution is -2.49. The van der Waals surface area contributed by atoms with Crippen LogP contribution in [-0.4, -0.2) is 53.8 Å². The number of carboxylic acids is 1. The fourth-order valence-corrected chi connectivity index (χ4v) is 4.90. The summed E-state index contributed by atoms with van der Waals surface area (Å²) in [4.78, 5) is 11.3. The van der Waals surface area contributed by atoms with Gasteiger partial charge in [0.05, 0.1) is 0 Å². The molecule has 2 aliphatic rings. The summed E-state index contributed by atoms with van der Waals surface area (Å²) in [7, 11) is -3.63. The fourth-order valence-electron chi connectivity index (χ4n) is 2.96. The molecule has 0 radical (unpaired) electrons. The molecule has 2 atom stereocenters. The van der Waals surface area contributed by atoms with Crippen LogP contribution in [0.1, 0.15) is 39.0 Å². The summed E-state index contributed by atoms with van der Waals surface area (Å²) in [5, 5.41) is 9.25. The maximum Gasteiger partial charge on any atom is 0.322 e. The molecule has 0 saturated carbocycles. The van der Waals surface area contributed by atoms with Crippen molar-refractivity contribution >= 4 is 16.2 Å². The average molecular weight is 290 g/mol. The molecule has 2 fully saturated rings. The van der Waals surface area contributed by atoms with Crippen molar-refractivity contribution < 1.29 is 18.3 Å². The van der Waals surface area contributed by atoms with Gasteiger partial charge in [0.15, 0.2) is 0 Å². The maximum absolute atomic E-state index is 12.6. The summed E-state index contributed by atoms with van der Waals surface area (Å²) in [6.07, 6.45) is 4.43. The number of rotatable bonds is 3. The molecule has 0 aromatic rings. The Balaban J connectivity index is 2.20. The molecule has 2 aliphatic heterocycles. The lowest BCUT2D eigenvalue weighted by Gasteiger charge is -2.29. The average Bonchev–Trinajstić information content (AvgIpc) is 2.58.